The van der Waals surface area contributed by atoms with Crippen LogP contribution in [0.5, 0.6) is 0 Å². The number of para-hydroxylation sites is 2. The smallest absolute Gasteiger partial charge is 0.286 e. The van der Waals surface area contributed by atoms with Crippen molar-refractivity contribution in [3.05, 3.63) is 46.3 Å². The fraction of sp³-hybridized carbons (Fsp3) is 0. The molecule has 0 amide bonds. The van der Waals surface area contributed by atoms with Crippen LogP contribution in [0.2, 0.25) is 0 Å². The first kappa shape index (κ1) is 9.20. The van der Waals surface area contributed by atoms with Crippen LogP contribution in [0, 0.1) is 15.5 Å². The Balaban J connectivity index is 2.97. The molecule has 2 rings (SSSR count). The maximum Gasteiger partial charge on any atom is 0.286 e. The van der Waals surface area contributed by atoms with Gasteiger partial charge in [-0.3, -0.25) is 5.41 Å². The molecule has 1 aromatic heterocycles. The van der Waals surface area contributed by atoms with Gasteiger partial charge in [-0.05, 0) is 6.07 Å². The zero-order chi connectivity index (χ0) is 11.0. The molecule has 1 aromatic carbocycles. The van der Waals surface area contributed by atoms with Crippen molar-refractivity contribution >= 4 is 16.9 Å². The Hall–Kier alpha value is -2.37. The van der Waals surface area contributed by atoms with Gasteiger partial charge in [0.15, 0.2) is 0 Å². The Labute approximate surface area is 84.3 Å². The Morgan fingerprint density at radius 2 is 2.13 bits per heavy atom. The Morgan fingerprint density at radius 1 is 1.47 bits per heavy atom. The molecule has 0 bridgehead atoms. The van der Waals surface area contributed by atoms with Crippen molar-refractivity contribution in [1.82, 2.24) is 4.73 Å². The van der Waals surface area contributed by atoms with E-state index in [-0.39, 0.29) is 16.7 Å². The molecule has 1 heterocycles. The van der Waals surface area contributed by atoms with E-state index in [1.165, 1.54) is 12.1 Å². The summed E-state index contributed by atoms with van der Waals surface area (Å²) in [6.07, 6.45) is 0.998. The molecule has 0 spiro atoms. The number of hydrogen-bond donors (Lipinski definition) is 2. The van der Waals surface area contributed by atoms with Gasteiger partial charge >= 0.3 is 0 Å². The number of nitrogens with two attached hydrogens (primary N) is 1. The lowest BCUT2D eigenvalue weighted by molar-refractivity contribution is -0.464. The van der Waals surface area contributed by atoms with Gasteiger partial charge in [0.1, 0.15) is 17.0 Å². The molecule has 2 aromatic rings. The number of aromatic nitrogens is 2. The lowest BCUT2D eigenvalue weighted by Crippen LogP contribution is -2.25. The first-order valence-corrected chi connectivity index (χ1v) is 4.20. The third kappa shape index (κ3) is 1.32. The van der Waals surface area contributed by atoms with E-state index in [2.05, 4.69) is 0 Å². The number of benzene rings is 1. The van der Waals surface area contributed by atoms with Crippen LogP contribution in [0.15, 0.2) is 30.5 Å². The minimum Gasteiger partial charge on any atom is -0.805 e. The van der Waals surface area contributed by atoms with Gasteiger partial charge in [0, 0.05) is 11.0 Å². The highest BCUT2D eigenvalue weighted by Gasteiger charge is 2.12. The molecule has 0 saturated heterocycles. The van der Waals surface area contributed by atoms with E-state index in [0.717, 1.165) is 6.20 Å². The van der Waals surface area contributed by atoms with Gasteiger partial charge in [-0.1, -0.05) is 12.1 Å². The van der Waals surface area contributed by atoms with Gasteiger partial charge in [0.05, 0.1) is 4.43 Å². The molecule has 6 nitrogen and oxygen atoms in total. The van der Waals surface area contributed by atoms with Crippen molar-refractivity contribution in [3.8, 4) is 0 Å². The molecule has 3 N–H and O–H groups in total. The first-order chi connectivity index (χ1) is 7.11. The quantitative estimate of drug-likeness (QED) is 0.393. The summed E-state index contributed by atoms with van der Waals surface area (Å²) in [5.74, 6) is -0.430. The number of amidine groups is 1. The van der Waals surface area contributed by atoms with E-state index >= 15 is 0 Å². The maximum absolute atomic E-state index is 11.7. The van der Waals surface area contributed by atoms with E-state index in [1.54, 1.807) is 12.1 Å². The fourth-order valence-electron chi connectivity index (χ4n) is 1.36. The number of fused-ring (bicyclic) bond motifs is 1. The van der Waals surface area contributed by atoms with Crippen molar-refractivity contribution in [1.29, 1.82) is 5.41 Å². The van der Waals surface area contributed by atoms with Crippen LogP contribution in [-0.4, -0.2) is 10.6 Å². The molecular formula is C9H8N4O2. The molecule has 0 aliphatic rings. The van der Waals surface area contributed by atoms with Gasteiger partial charge < -0.3 is 15.7 Å². The fourth-order valence-corrected chi connectivity index (χ4v) is 1.36. The summed E-state index contributed by atoms with van der Waals surface area (Å²) in [6, 6.07) is 6.33. The molecule has 0 aliphatic carbocycles. The van der Waals surface area contributed by atoms with E-state index in [0.29, 0.717) is 9.16 Å². The zero-order valence-corrected chi connectivity index (χ0v) is 7.68. The van der Waals surface area contributed by atoms with Gasteiger partial charge in [-0.2, -0.15) is 0 Å². The number of nitrogens with one attached hydrogen (secondary N) is 1. The second-order valence-electron chi connectivity index (χ2n) is 3.04. The topological polar surface area (TPSA) is 101 Å². The van der Waals surface area contributed by atoms with E-state index < -0.39 is 5.84 Å². The Bertz CT molecular complexity index is 603. The Kier molecular flexibility index (Phi) is 1.89. The van der Waals surface area contributed by atoms with Gasteiger partial charge in [-0.15, -0.1) is 0 Å². The van der Waals surface area contributed by atoms with Crippen molar-refractivity contribution in [3.63, 3.8) is 0 Å². The van der Waals surface area contributed by atoms with Crippen LogP contribution in [-0.2, 0) is 0 Å². The molecule has 0 fully saturated rings. The number of hydrogen-bond acceptors (Lipinski definition) is 3. The molecule has 15 heavy (non-hydrogen) atoms. The highest BCUT2D eigenvalue weighted by Crippen LogP contribution is 2.09. The molecule has 76 valence electrons. The summed E-state index contributed by atoms with van der Waals surface area (Å²) >= 11 is 0. The molecule has 0 saturated carbocycles. The summed E-state index contributed by atoms with van der Waals surface area (Å²) in [5.41, 5.74) is 5.48. The van der Waals surface area contributed by atoms with Gasteiger partial charge in [-0.25, -0.2) is 0 Å². The molecule has 0 aliphatic heterocycles. The van der Waals surface area contributed by atoms with E-state index in [9.17, 15) is 10.1 Å². The summed E-state index contributed by atoms with van der Waals surface area (Å²) < 4.78 is 1.01. The third-order valence-electron chi connectivity index (χ3n) is 2.07. The standard InChI is InChI=1S/C9H8N4O2/c10-9(11)8-5-12(14)6-3-1-2-4-7(6)13(8)15/h1-5H,(H3,10,11). The molecular weight excluding hydrogens is 196 g/mol. The summed E-state index contributed by atoms with van der Waals surface area (Å²) in [6.45, 7) is 0. The van der Waals surface area contributed by atoms with E-state index in [1.807, 2.05) is 0 Å². The second kappa shape index (κ2) is 3.09. The third-order valence-corrected chi connectivity index (χ3v) is 2.07. The number of rotatable bonds is 1. The predicted molar refractivity (Wildman–Crippen MR) is 55.1 cm³/mol. The zero-order valence-electron chi connectivity index (χ0n) is 7.68. The SMILES string of the molecule is N=C(N)c1c[n+](=O)c2ccccc2n1[O-]. The number of nitrogen functional groups attached to an aromatic ring is 1. The van der Waals surface area contributed by atoms with Crippen LogP contribution in [0.25, 0.3) is 11.0 Å². The first-order valence-electron chi connectivity index (χ1n) is 4.20. The lowest BCUT2D eigenvalue weighted by Gasteiger charge is -2.15. The molecule has 0 unspecified atom stereocenters. The lowest BCUT2D eigenvalue weighted by atomic mass is 10.3. The van der Waals surface area contributed by atoms with Crippen LogP contribution < -0.4 is 10.2 Å². The summed E-state index contributed by atoms with van der Waals surface area (Å²) in [4.78, 5) is 11.5. The highest BCUT2D eigenvalue weighted by atomic mass is 16.5. The van der Waals surface area contributed by atoms with Crippen LogP contribution in [0.3, 0.4) is 0 Å². The average molecular weight is 204 g/mol. The predicted octanol–water partition coefficient (Wildman–Crippen LogP) is 0.186. The molecule has 0 radical (unpaired) electrons. The van der Waals surface area contributed by atoms with Crippen molar-refractivity contribution in [2.75, 3.05) is 0 Å². The van der Waals surface area contributed by atoms with Crippen LogP contribution in [0.4, 0.5) is 0 Å². The van der Waals surface area contributed by atoms with Crippen molar-refractivity contribution < 1.29 is 4.43 Å². The monoisotopic (exact) mass is 204 g/mol. The summed E-state index contributed by atoms with van der Waals surface area (Å²) in [7, 11) is 0. The van der Waals surface area contributed by atoms with Gasteiger partial charge in [0.2, 0.25) is 0 Å². The van der Waals surface area contributed by atoms with Crippen molar-refractivity contribution in [2.24, 2.45) is 5.73 Å². The van der Waals surface area contributed by atoms with Crippen LogP contribution >= 0.6 is 0 Å². The van der Waals surface area contributed by atoms with Crippen LogP contribution in [0.1, 0.15) is 5.69 Å². The van der Waals surface area contributed by atoms with Crippen molar-refractivity contribution in [2.45, 2.75) is 0 Å². The molecule has 6 heteroatoms. The highest BCUT2D eigenvalue weighted by molar-refractivity contribution is 5.94. The second-order valence-corrected chi connectivity index (χ2v) is 3.04. The largest absolute Gasteiger partial charge is 0.805 e. The molecule has 0 atom stereocenters. The Morgan fingerprint density at radius 3 is 2.80 bits per heavy atom. The number of nitrogens with zero attached hydrogens (tertiary/aromatic N) is 2. The minimum atomic E-state index is -0.430. The average Bonchev–Trinajstić information content (AvgIpc) is 2.23. The summed E-state index contributed by atoms with van der Waals surface area (Å²) in [5, 5.41) is 18.8. The maximum atomic E-state index is 11.7. The normalized spacial score (nSPS) is 10.4. The van der Waals surface area contributed by atoms with Gasteiger partial charge in [0.25, 0.3) is 11.7 Å². The minimum absolute atomic E-state index is 0.149. The van der Waals surface area contributed by atoms with E-state index in [4.69, 9.17) is 11.1 Å².